The number of hydrogen-bond donors (Lipinski definition) is 1. The molecule has 20 heavy (non-hydrogen) atoms. The molecular weight excluding hydrogens is 291 g/mol. The van der Waals surface area contributed by atoms with Crippen LogP contribution in [0.1, 0.15) is 24.1 Å². The number of hydrogen-bond acceptors (Lipinski definition) is 2. The van der Waals surface area contributed by atoms with Crippen LogP contribution in [0.4, 0.5) is 5.69 Å². The monoisotopic (exact) mass is 308 g/mol. The Morgan fingerprint density at radius 3 is 2.60 bits per heavy atom. The molecule has 0 aliphatic carbocycles. The van der Waals surface area contributed by atoms with E-state index in [4.69, 9.17) is 28.9 Å². The van der Waals surface area contributed by atoms with Gasteiger partial charge >= 0.3 is 0 Å². The molecule has 2 nitrogen and oxygen atoms in total. The zero-order valence-corrected chi connectivity index (χ0v) is 13.1. The first-order chi connectivity index (χ1) is 9.47. The van der Waals surface area contributed by atoms with Gasteiger partial charge in [-0.1, -0.05) is 35.3 Å². The van der Waals surface area contributed by atoms with E-state index in [9.17, 15) is 0 Å². The molecule has 2 N–H and O–H groups in total. The fourth-order valence-corrected chi connectivity index (χ4v) is 2.52. The first-order valence-corrected chi connectivity index (χ1v) is 7.22. The van der Waals surface area contributed by atoms with Crippen LogP contribution in [0, 0.1) is 0 Å². The molecule has 4 heteroatoms. The highest BCUT2D eigenvalue weighted by Crippen LogP contribution is 2.26. The summed E-state index contributed by atoms with van der Waals surface area (Å²) in [5.41, 5.74) is 8.76. The maximum absolute atomic E-state index is 6.21. The van der Waals surface area contributed by atoms with Crippen molar-refractivity contribution in [3.63, 3.8) is 0 Å². The molecule has 0 amide bonds. The number of nitrogen functional groups attached to an aromatic ring is 1. The first-order valence-electron chi connectivity index (χ1n) is 6.47. The van der Waals surface area contributed by atoms with E-state index in [1.165, 1.54) is 5.56 Å². The van der Waals surface area contributed by atoms with Crippen LogP contribution in [0.5, 0.6) is 0 Å². The van der Waals surface area contributed by atoms with Crippen molar-refractivity contribution in [1.29, 1.82) is 0 Å². The van der Waals surface area contributed by atoms with Gasteiger partial charge in [0, 0.05) is 28.3 Å². The standard InChI is InChI=1S/C16H18Cl2N2/c1-11(12-4-3-5-14(17)8-12)20(2)10-13-9-15(19)6-7-16(13)18/h3-9,11H,10,19H2,1-2H3. The molecule has 0 heterocycles. The molecule has 106 valence electrons. The molecule has 0 bridgehead atoms. The summed E-state index contributed by atoms with van der Waals surface area (Å²) in [6.45, 7) is 2.88. The Kier molecular flexibility index (Phi) is 4.92. The Balaban J connectivity index is 2.15. The maximum Gasteiger partial charge on any atom is 0.0452 e. The maximum atomic E-state index is 6.21. The molecule has 0 radical (unpaired) electrons. The Hall–Kier alpha value is -1.22. The number of benzene rings is 2. The predicted molar refractivity (Wildman–Crippen MR) is 87.2 cm³/mol. The normalized spacial score (nSPS) is 12.7. The largest absolute Gasteiger partial charge is 0.399 e. The van der Waals surface area contributed by atoms with Gasteiger partial charge in [-0.05, 0) is 55.4 Å². The van der Waals surface area contributed by atoms with Crippen LogP contribution in [0.3, 0.4) is 0 Å². The summed E-state index contributed by atoms with van der Waals surface area (Å²) >= 11 is 12.3. The average Bonchev–Trinajstić information content (AvgIpc) is 2.42. The molecule has 2 aromatic carbocycles. The number of rotatable bonds is 4. The van der Waals surface area contributed by atoms with Gasteiger partial charge in [-0.15, -0.1) is 0 Å². The van der Waals surface area contributed by atoms with E-state index in [1.807, 2.05) is 36.4 Å². The van der Waals surface area contributed by atoms with Crippen molar-refractivity contribution in [2.45, 2.75) is 19.5 Å². The van der Waals surface area contributed by atoms with E-state index in [0.29, 0.717) is 0 Å². The van der Waals surface area contributed by atoms with Crippen molar-refractivity contribution in [2.75, 3.05) is 12.8 Å². The third kappa shape index (κ3) is 3.66. The fraction of sp³-hybridized carbons (Fsp3) is 0.250. The second-order valence-corrected chi connectivity index (χ2v) is 5.84. The number of nitrogens with zero attached hydrogens (tertiary/aromatic N) is 1. The summed E-state index contributed by atoms with van der Waals surface area (Å²) in [6.07, 6.45) is 0. The Morgan fingerprint density at radius 1 is 1.15 bits per heavy atom. The van der Waals surface area contributed by atoms with Crippen molar-refractivity contribution >= 4 is 28.9 Å². The van der Waals surface area contributed by atoms with Gasteiger partial charge in [0.05, 0.1) is 0 Å². The van der Waals surface area contributed by atoms with E-state index in [-0.39, 0.29) is 6.04 Å². The van der Waals surface area contributed by atoms with Crippen LogP contribution in [-0.4, -0.2) is 11.9 Å². The van der Waals surface area contributed by atoms with E-state index in [1.54, 1.807) is 0 Å². The van der Waals surface area contributed by atoms with Gasteiger partial charge in [-0.25, -0.2) is 0 Å². The average molecular weight is 309 g/mol. The van der Waals surface area contributed by atoms with Crippen molar-refractivity contribution in [2.24, 2.45) is 0 Å². The Labute approximate surface area is 130 Å². The summed E-state index contributed by atoms with van der Waals surface area (Å²) in [5, 5.41) is 1.49. The van der Waals surface area contributed by atoms with E-state index in [2.05, 4.69) is 24.9 Å². The van der Waals surface area contributed by atoms with Gasteiger partial charge in [-0.2, -0.15) is 0 Å². The molecule has 0 saturated carbocycles. The summed E-state index contributed by atoms with van der Waals surface area (Å²) < 4.78 is 0. The molecule has 0 aliphatic rings. The van der Waals surface area contributed by atoms with Gasteiger partial charge in [0.1, 0.15) is 0 Å². The summed E-state index contributed by atoms with van der Waals surface area (Å²) in [5.74, 6) is 0. The van der Waals surface area contributed by atoms with E-state index >= 15 is 0 Å². The third-order valence-corrected chi connectivity index (χ3v) is 4.09. The van der Waals surface area contributed by atoms with Gasteiger partial charge in [-0.3, -0.25) is 4.90 Å². The second kappa shape index (κ2) is 6.49. The molecule has 2 aromatic rings. The number of nitrogens with two attached hydrogens (primary N) is 1. The Bertz CT molecular complexity index is 599. The van der Waals surface area contributed by atoms with Crippen molar-refractivity contribution in [3.8, 4) is 0 Å². The molecule has 0 saturated heterocycles. The summed E-state index contributed by atoms with van der Waals surface area (Å²) in [6, 6.07) is 13.7. The van der Waals surface area contributed by atoms with Gasteiger partial charge < -0.3 is 5.73 Å². The minimum absolute atomic E-state index is 0.242. The molecule has 0 aromatic heterocycles. The van der Waals surface area contributed by atoms with Crippen molar-refractivity contribution in [3.05, 3.63) is 63.6 Å². The lowest BCUT2D eigenvalue weighted by atomic mass is 10.1. The molecular formula is C16H18Cl2N2. The van der Waals surface area contributed by atoms with Gasteiger partial charge in [0.15, 0.2) is 0 Å². The van der Waals surface area contributed by atoms with Crippen LogP contribution < -0.4 is 5.73 Å². The highest BCUT2D eigenvalue weighted by atomic mass is 35.5. The van der Waals surface area contributed by atoms with Gasteiger partial charge in [0.2, 0.25) is 0 Å². The van der Waals surface area contributed by atoms with E-state index in [0.717, 1.165) is 27.8 Å². The lowest BCUT2D eigenvalue weighted by Gasteiger charge is -2.25. The first kappa shape index (κ1) is 15.2. The van der Waals surface area contributed by atoms with Crippen LogP contribution >= 0.6 is 23.2 Å². The predicted octanol–water partition coefficient (Wildman–Crippen LogP) is 4.77. The quantitative estimate of drug-likeness (QED) is 0.824. The molecule has 2 rings (SSSR count). The van der Waals surface area contributed by atoms with Crippen LogP contribution in [0.15, 0.2) is 42.5 Å². The van der Waals surface area contributed by atoms with Crippen LogP contribution in [-0.2, 0) is 6.54 Å². The Morgan fingerprint density at radius 2 is 1.90 bits per heavy atom. The topological polar surface area (TPSA) is 29.3 Å². The highest BCUT2D eigenvalue weighted by Gasteiger charge is 2.13. The fourth-order valence-electron chi connectivity index (χ4n) is 2.14. The third-order valence-electron chi connectivity index (χ3n) is 3.48. The highest BCUT2D eigenvalue weighted by molar-refractivity contribution is 6.31. The number of anilines is 1. The van der Waals surface area contributed by atoms with Crippen molar-refractivity contribution in [1.82, 2.24) is 4.90 Å². The zero-order valence-electron chi connectivity index (χ0n) is 11.6. The summed E-state index contributed by atoms with van der Waals surface area (Å²) in [4.78, 5) is 2.21. The second-order valence-electron chi connectivity index (χ2n) is 5.00. The lowest BCUT2D eigenvalue weighted by Crippen LogP contribution is -2.22. The SMILES string of the molecule is CC(c1cccc(Cl)c1)N(C)Cc1cc(N)ccc1Cl. The molecule has 0 fully saturated rings. The van der Waals surface area contributed by atoms with Crippen molar-refractivity contribution < 1.29 is 0 Å². The van der Waals surface area contributed by atoms with E-state index < -0.39 is 0 Å². The molecule has 0 spiro atoms. The lowest BCUT2D eigenvalue weighted by molar-refractivity contribution is 0.253. The minimum atomic E-state index is 0.242. The molecule has 0 aliphatic heterocycles. The molecule has 1 unspecified atom stereocenters. The van der Waals surface area contributed by atoms with Crippen LogP contribution in [0.25, 0.3) is 0 Å². The van der Waals surface area contributed by atoms with Gasteiger partial charge in [0.25, 0.3) is 0 Å². The van der Waals surface area contributed by atoms with Crippen LogP contribution in [0.2, 0.25) is 10.0 Å². The summed E-state index contributed by atoms with van der Waals surface area (Å²) in [7, 11) is 2.06. The minimum Gasteiger partial charge on any atom is -0.399 e. The number of halogens is 2. The molecule has 1 atom stereocenters. The zero-order chi connectivity index (χ0) is 14.7. The smallest absolute Gasteiger partial charge is 0.0452 e.